The molecule has 5 nitrogen and oxygen atoms in total. The number of carbonyl (C=O) groups is 2. The van der Waals surface area contributed by atoms with Crippen LogP contribution in [0.4, 0.5) is 0 Å². The fourth-order valence-electron chi connectivity index (χ4n) is 2.60. The first-order valence-corrected chi connectivity index (χ1v) is 7.93. The maximum Gasteiger partial charge on any atom is 0.249 e. The molecule has 1 aromatic carbocycles. The summed E-state index contributed by atoms with van der Waals surface area (Å²) in [5, 5.41) is 2.90. The molecule has 1 aliphatic heterocycles. The number of hydrogen-bond acceptors (Lipinski definition) is 3. The van der Waals surface area contributed by atoms with Crippen molar-refractivity contribution in [3.8, 4) is 0 Å². The number of rotatable bonds is 5. The second-order valence-corrected chi connectivity index (χ2v) is 5.79. The summed E-state index contributed by atoms with van der Waals surface area (Å²) >= 11 is 0. The number of amides is 2. The van der Waals surface area contributed by atoms with E-state index in [4.69, 9.17) is 0 Å². The van der Waals surface area contributed by atoms with Gasteiger partial charge in [0.25, 0.3) is 0 Å². The third-order valence-electron chi connectivity index (χ3n) is 3.98. The molecule has 1 atom stereocenters. The molecule has 1 heterocycles. The second kappa shape index (κ2) is 7.94. The number of likely N-dealkylation sites (N-methyl/N-ethyl adjacent to an activating group) is 1. The fourth-order valence-corrected chi connectivity index (χ4v) is 2.60. The number of carbonyl (C=O) groups excluding carboxylic acids is 2. The van der Waals surface area contributed by atoms with Crippen LogP contribution in [0, 0.1) is 0 Å². The molecule has 22 heavy (non-hydrogen) atoms. The van der Waals surface area contributed by atoms with E-state index in [1.54, 1.807) is 0 Å². The maximum atomic E-state index is 12.8. The molecule has 0 unspecified atom stereocenters. The lowest BCUT2D eigenvalue weighted by Gasteiger charge is -2.35. The molecule has 0 bridgehead atoms. The quantitative estimate of drug-likeness (QED) is 0.895. The lowest BCUT2D eigenvalue weighted by atomic mass is 10.0. The zero-order chi connectivity index (χ0) is 15.9. The SMILES string of the molecule is CCCC(=O)N[C@H](C(=O)N1CCN(C)CC1)c1ccccc1. The van der Waals surface area contributed by atoms with Crippen molar-refractivity contribution in [2.75, 3.05) is 33.2 Å². The molecule has 2 rings (SSSR count). The van der Waals surface area contributed by atoms with Crippen molar-refractivity contribution < 1.29 is 9.59 Å². The van der Waals surface area contributed by atoms with Crippen LogP contribution in [0.15, 0.2) is 30.3 Å². The summed E-state index contributed by atoms with van der Waals surface area (Å²) < 4.78 is 0. The average molecular weight is 303 g/mol. The molecule has 0 radical (unpaired) electrons. The van der Waals surface area contributed by atoms with E-state index in [1.165, 1.54) is 0 Å². The van der Waals surface area contributed by atoms with Gasteiger partial charge in [-0.2, -0.15) is 0 Å². The molecule has 1 N–H and O–H groups in total. The van der Waals surface area contributed by atoms with E-state index < -0.39 is 6.04 Å². The van der Waals surface area contributed by atoms with Crippen LogP contribution in [0.1, 0.15) is 31.4 Å². The van der Waals surface area contributed by atoms with Crippen LogP contribution in [0.3, 0.4) is 0 Å². The summed E-state index contributed by atoms with van der Waals surface area (Å²) in [6.45, 7) is 5.12. The monoisotopic (exact) mass is 303 g/mol. The Morgan fingerprint density at radius 2 is 1.77 bits per heavy atom. The molecule has 0 aromatic heterocycles. The average Bonchev–Trinajstić information content (AvgIpc) is 2.54. The van der Waals surface area contributed by atoms with Crippen LogP contribution >= 0.6 is 0 Å². The van der Waals surface area contributed by atoms with Gasteiger partial charge in [0.1, 0.15) is 6.04 Å². The van der Waals surface area contributed by atoms with Gasteiger partial charge in [0.15, 0.2) is 0 Å². The fraction of sp³-hybridized carbons (Fsp3) is 0.529. The van der Waals surface area contributed by atoms with Crippen LogP contribution in [-0.4, -0.2) is 54.8 Å². The smallest absolute Gasteiger partial charge is 0.249 e. The Kier molecular flexibility index (Phi) is 5.95. The van der Waals surface area contributed by atoms with Crippen molar-refractivity contribution in [2.24, 2.45) is 0 Å². The largest absolute Gasteiger partial charge is 0.341 e. The molecule has 1 fully saturated rings. The van der Waals surface area contributed by atoms with Crippen molar-refractivity contribution >= 4 is 11.8 Å². The Balaban J connectivity index is 2.13. The summed E-state index contributed by atoms with van der Waals surface area (Å²) in [5.74, 6) is -0.0809. The molecule has 1 aromatic rings. The van der Waals surface area contributed by atoms with E-state index in [0.717, 1.165) is 25.1 Å². The van der Waals surface area contributed by atoms with Gasteiger partial charge in [0, 0.05) is 32.6 Å². The normalized spacial score (nSPS) is 17.1. The Labute approximate surface area is 132 Å². The van der Waals surface area contributed by atoms with E-state index in [0.29, 0.717) is 19.5 Å². The lowest BCUT2D eigenvalue weighted by molar-refractivity contribution is -0.138. The Morgan fingerprint density at radius 1 is 1.14 bits per heavy atom. The minimum Gasteiger partial charge on any atom is -0.341 e. The van der Waals surface area contributed by atoms with E-state index in [-0.39, 0.29) is 11.8 Å². The summed E-state index contributed by atoms with van der Waals surface area (Å²) in [7, 11) is 2.06. The maximum absolute atomic E-state index is 12.8. The molecule has 2 amide bonds. The van der Waals surface area contributed by atoms with Crippen LogP contribution in [0.2, 0.25) is 0 Å². The van der Waals surface area contributed by atoms with Gasteiger partial charge in [-0.1, -0.05) is 37.3 Å². The van der Waals surface area contributed by atoms with Gasteiger partial charge in [-0.3, -0.25) is 9.59 Å². The molecule has 0 saturated carbocycles. The minimum atomic E-state index is -0.580. The van der Waals surface area contributed by atoms with Crippen molar-refractivity contribution in [1.82, 2.24) is 15.1 Å². The highest BCUT2D eigenvalue weighted by molar-refractivity contribution is 5.88. The third-order valence-corrected chi connectivity index (χ3v) is 3.98. The topological polar surface area (TPSA) is 52.7 Å². The summed E-state index contributed by atoms with van der Waals surface area (Å²) in [5.41, 5.74) is 0.843. The predicted octanol–water partition coefficient (Wildman–Crippen LogP) is 1.42. The van der Waals surface area contributed by atoms with Crippen LogP contribution < -0.4 is 5.32 Å². The van der Waals surface area contributed by atoms with Gasteiger partial charge in [0.05, 0.1) is 0 Å². The zero-order valence-electron chi connectivity index (χ0n) is 13.4. The highest BCUT2D eigenvalue weighted by Gasteiger charge is 2.28. The molecule has 0 aliphatic carbocycles. The number of hydrogen-bond donors (Lipinski definition) is 1. The molecular weight excluding hydrogens is 278 g/mol. The number of nitrogens with one attached hydrogen (secondary N) is 1. The first-order valence-electron chi connectivity index (χ1n) is 7.93. The molecule has 1 saturated heterocycles. The van der Waals surface area contributed by atoms with Crippen molar-refractivity contribution in [3.63, 3.8) is 0 Å². The minimum absolute atomic E-state index is 0.0104. The van der Waals surface area contributed by atoms with E-state index in [1.807, 2.05) is 42.2 Å². The molecule has 1 aliphatic rings. The van der Waals surface area contributed by atoms with Crippen LogP contribution in [0.25, 0.3) is 0 Å². The van der Waals surface area contributed by atoms with Crippen LogP contribution in [0.5, 0.6) is 0 Å². The van der Waals surface area contributed by atoms with Crippen molar-refractivity contribution in [3.05, 3.63) is 35.9 Å². The second-order valence-electron chi connectivity index (χ2n) is 5.79. The number of nitrogens with zero attached hydrogens (tertiary/aromatic N) is 2. The predicted molar refractivity (Wildman–Crippen MR) is 86.3 cm³/mol. The van der Waals surface area contributed by atoms with Gasteiger partial charge < -0.3 is 15.1 Å². The summed E-state index contributed by atoms with van der Waals surface area (Å²) in [6.07, 6.45) is 1.22. The van der Waals surface area contributed by atoms with Gasteiger partial charge in [-0.25, -0.2) is 0 Å². The molecule has 120 valence electrons. The Hall–Kier alpha value is -1.88. The zero-order valence-corrected chi connectivity index (χ0v) is 13.4. The van der Waals surface area contributed by atoms with Crippen LogP contribution in [-0.2, 0) is 9.59 Å². The van der Waals surface area contributed by atoms with Gasteiger partial charge in [0.2, 0.25) is 11.8 Å². The van der Waals surface area contributed by atoms with Gasteiger partial charge in [-0.05, 0) is 19.0 Å². The summed E-state index contributed by atoms with van der Waals surface area (Å²) in [6, 6.07) is 8.91. The van der Waals surface area contributed by atoms with Gasteiger partial charge in [-0.15, -0.1) is 0 Å². The first kappa shape index (κ1) is 16.5. The summed E-state index contributed by atoms with van der Waals surface area (Å²) in [4.78, 5) is 28.9. The Bertz CT molecular complexity index is 496. The van der Waals surface area contributed by atoms with Gasteiger partial charge >= 0.3 is 0 Å². The van der Waals surface area contributed by atoms with E-state index in [2.05, 4.69) is 17.3 Å². The molecule has 5 heteroatoms. The highest BCUT2D eigenvalue weighted by Crippen LogP contribution is 2.17. The van der Waals surface area contributed by atoms with Crippen molar-refractivity contribution in [1.29, 1.82) is 0 Å². The van der Waals surface area contributed by atoms with Crippen molar-refractivity contribution in [2.45, 2.75) is 25.8 Å². The number of benzene rings is 1. The van der Waals surface area contributed by atoms with E-state index in [9.17, 15) is 9.59 Å². The Morgan fingerprint density at radius 3 is 2.36 bits per heavy atom. The number of piperazine rings is 1. The highest BCUT2D eigenvalue weighted by atomic mass is 16.2. The lowest BCUT2D eigenvalue weighted by Crippen LogP contribution is -2.51. The molecule has 0 spiro atoms. The standard InChI is InChI=1S/C17H25N3O2/c1-3-7-15(21)18-16(14-8-5-4-6-9-14)17(22)20-12-10-19(2)11-13-20/h4-6,8-9,16H,3,7,10-13H2,1-2H3,(H,18,21)/t16-/m0/s1. The van der Waals surface area contributed by atoms with E-state index >= 15 is 0 Å². The first-order chi connectivity index (χ1) is 10.6. The molecular formula is C17H25N3O2. The third kappa shape index (κ3) is 4.31.